The van der Waals surface area contributed by atoms with Gasteiger partial charge in [0.1, 0.15) is 6.23 Å². The first-order chi connectivity index (χ1) is 14.5. The Balaban J connectivity index is 1.53. The Bertz CT molecular complexity index is 720. The van der Waals surface area contributed by atoms with Crippen LogP contribution in [0.3, 0.4) is 0 Å². The zero-order valence-corrected chi connectivity index (χ0v) is 19.0. The molecule has 0 spiro atoms. The highest BCUT2D eigenvalue weighted by atomic mass is 32.2. The van der Waals surface area contributed by atoms with Gasteiger partial charge in [-0.25, -0.2) is 4.79 Å². The van der Waals surface area contributed by atoms with Gasteiger partial charge in [-0.05, 0) is 25.5 Å². The van der Waals surface area contributed by atoms with Crippen LogP contribution in [0.1, 0.15) is 82.4 Å². The van der Waals surface area contributed by atoms with E-state index in [0.29, 0.717) is 24.3 Å². The molecule has 0 aliphatic carbocycles. The molecule has 0 amide bonds. The molecule has 0 aromatic carbocycles. The van der Waals surface area contributed by atoms with Gasteiger partial charge in [0.2, 0.25) is 0 Å². The fraction of sp³-hybridized carbons (Fsp3) is 0.818. The van der Waals surface area contributed by atoms with E-state index in [1.807, 2.05) is 0 Å². The minimum absolute atomic E-state index is 0.287. The summed E-state index contributed by atoms with van der Waals surface area (Å²) in [6.45, 7) is 1.96. The van der Waals surface area contributed by atoms with E-state index >= 15 is 0 Å². The van der Waals surface area contributed by atoms with Crippen molar-refractivity contribution < 1.29 is 14.9 Å². The van der Waals surface area contributed by atoms with E-state index < -0.39 is 18.0 Å². The van der Waals surface area contributed by atoms with E-state index in [1.54, 1.807) is 18.7 Å². The molecule has 0 bridgehead atoms. The van der Waals surface area contributed by atoms with Crippen LogP contribution in [0.15, 0.2) is 15.8 Å². The summed E-state index contributed by atoms with van der Waals surface area (Å²) in [6.07, 6.45) is 12.6. The minimum atomic E-state index is -0.598. The van der Waals surface area contributed by atoms with Crippen molar-refractivity contribution in [2.75, 3.05) is 18.1 Å². The number of ether oxygens (including phenoxy) is 1. The van der Waals surface area contributed by atoms with Gasteiger partial charge < -0.3 is 14.9 Å². The van der Waals surface area contributed by atoms with E-state index in [1.165, 1.54) is 62.1 Å². The van der Waals surface area contributed by atoms with Crippen LogP contribution in [-0.2, 0) is 4.74 Å². The number of nitrogens with one attached hydrogen (secondary N) is 1. The molecule has 0 unspecified atom stereocenters. The number of aromatic amines is 1. The van der Waals surface area contributed by atoms with Crippen molar-refractivity contribution >= 4 is 11.8 Å². The fourth-order valence-electron chi connectivity index (χ4n) is 3.77. The molecule has 1 aliphatic rings. The van der Waals surface area contributed by atoms with Gasteiger partial charge in [-0.1, -0.05) is 51.4 Å². The minimum Gasteiger partial charge on any atom is -0.396 e. The van der Waals surface area contributed by atoms with Crippen LogP contribution in [0.25, 0.3) is 0 Å². The second-order valence-corrected chi connectivity index (χ2v) is 9.39. The van der Waals surface area contributed by atoms with Crippen LogP contribution >= 0.6 is 11.8 Å². The third-order valence-corrected chi connectivity index (χ3v) is 6.78. The van der Waals surface area contributed by atoms with Gasteiger partial charge in [0, 0.05) is 30.5 Å². The predicted molar refractivity (Wildman–Crippen MR) is 121 cm³/mol. The number of nitrogens with zero attached hydrogens (tertiary/aromatic N) is 1. The number of rotatable bonds is 15. The van der Waals surface area contributed by atoms with Gasteiger partial charge in [-0.3, -0.25) is 14.3 Å². The summed E-state index contributed by atoms with van der Waals surface area (Å²) in [7, 11) is 0. The molecule has 0 radical (unpaired) electrons. The molecule has 1 aromatic heterocycles. The molecule has 172 valence electrons. The zero-order chi connectivity index (χ0) is 21.8. The van der Waals surface area contributed by atoms with Gasteiger partial charge in [0.05, 0.1) is 12.2 Å². The number of aliphatic hydroxyl groups is 2. The van der Waals surface area contributed by atoms with Gasteiger partial charge in [0.25, 0.3) is 5.56 Å². The molecule has 2 heterocycles. The summed E-state index contributed by atoms with van der Waals surface area (Å²) in [4.78, 5) is 25.8. The quantitative estimate of drug-likeness (QED) is 0.361. The van der Waals surface area contributed by atoms with Crippen LogP contribution in [0.4, 0.5) is 0 Å². The smallest absolute Gasteiger partial charge is 0.330 e. The first-order valence-electron chi connectivity index (χ1n) is 11.4. The third-order valence-electron chi connectivity index (χ3n) is 5.64. The van der Waals surface area contributed by atoms with Crippen molar-refractivity contribution in [3.05, 3.63) is 32.6 Å². The van der Waals surface area contributed by atoms with Gasteiger partial charge in [-0.15, -0.1) is 0 Å². The Morgan fingerprint density at radius 1 is 1.07 bits per heavy atom. The lowest BCUT2D eigenvalue weighted by Gasteiger charge is -2.16. The van der Waals surface area contributed by atoms with Gasteiger partial charge in [0.15, 0.2) is 0 Å². The molecule has 1 fully saturated rings. The maximum atomic E-state index is 12.0. The van der Waals surface area contributed by atoms with Crippen LogP contribution in [-0.4, -0.2) is 50.1 Å². The predicted octanol–water partition coefficient (Wildman–Crippen LogP) is 3.12. The molecule has 1 aromatic rings. The maximum absolute atomic E-state index is 12.0. The molecule has 1 aliphatic heterocycles. The highest BCUT2D eigenvalue weighted by Gasteiger charge is 2.35. The molecule has 7 nitrogen and oxygen atoms in total. The van der Waals surface area contributed by atoms with Crippen LogP contribution in [0.2, 0.25) is 0 Å². The SMILES string of the molecule is Cc1cn([C@H]2C[C@H](O)[C@@H](CSCCCCCCCCCCCCO)O2)c(=O)[nH]c1=O. The number of hydrogen-bond acceptors (Lipinski definition) is 6. The van der Waals surface area contributed by atoms with Gasteiger partial charge in [-0.2, -0.15) is 11.8 Å². The lowest BCUT2D eigenvalue weighted by atomic mass is 10.1. The number of aromatic nitrogens is 2. The Morgan fingerprint density at radius 3 is 2.30 bits per heavy atom. The average Bonchev–Trinajstić information content (AvgIpc) is 3.08. The number of unbranched alkanes of at least 4 members (excludes halogenated alkanes) is 9. The Labute approximate surface area is 183 Å². The largest absolute Gasteiger partial charge is 0.396 e. The molecule has 8 heteroatoms. The maximum Gasteiger partial charge on any atom is 0.330 e. The summed E-state index contributed by atoms with van der Waals surface area (Å²) in [6, 6.07) is 0. The first kappa shape index (κ1) is 25.2. The second-order valence-electron chi connectivity index (χ2n) is 8.24. The molecule has 1 saturated heterocycles. The third kappa shape index (κ3) is 8.57. The normalized spacial score (nSPS) is 21.4. The lowest BCUT2D eigenvalue weighted by molar-refractivity contribution is -0.00764. The van der Waals surface area contributed by atoms with Crippen molar-refractivity contribution in [2.45, 2.75) is 96.0 Å². The highest BCUT2D eigenvalue weighted by molar-refractivity contribution is 7.99. The van der Waals surface area contributed by atoms with Crippen LogP contribution in [0.5, 0.6) is 0 Å². The summed E-state index contributed by atoms with van der Waals surface area (Å²) in [5.41, 5.74) is -0.437. The number of hydrogen-bond donors (Lipinski definition) is 3. The lowest BCUT2D eigenvalue weighted by Crippen LogP contribution is -2.33. The zero-order valence-electron chi connectivity index (χ0n) is 18.2. The second kappa shape index (κ2) is 14.1. The van der Waals surface area contributed by atoms with Crippen LogP contribution in [0, 0.1) is 6.92 Å². The van der Waals surface area contributed by atoms with Crippen molar-refractivity contribution in [2.24, 2.45) is 0 Å². The molecule has 3 atom stereocenters. The molecule has 0 saturated carbocycles. The van der Waals surface area contributed by atoms with Crippen molar-refractivity contribution in [3.8, 4) is 0 Å². The summed E-state index contributed by atoms with van der Waals surface area (Å²) >= 11 is 1.79. The first-order valence-corrected chi connectivity index (χ1v) is 12.5. The molecular formula is C22H38N2O5S. The van der Waals surface area contributed by atoms with E-state index in [0.717, 1.165) is 18.6 Å². The fourth-order valence-corrected chi connectivity index (χ4v) is 4.87. The van der Waals surface area contributed by atoms with Gasteiger partial charge >= 0.3 is 5.69 Å². The summed E-state index contributed by atoms with van der Waals surface area (Å²) < 4.78 is 7.27. The molecule has 30 heavy (non-hydrogen) atoms. The van der Waals surface area contributed by atoms with Crippen molar-refractivity contribution in [1.29, 1.82) is 0 Å². The number of aryl methyl sites for hydroxylation is 1. The van der Waals surface area contributed by atoms with Crippen molar-refractivity contribution in [3.63, 3.8) is 0 Å². The number of thioether (sulfide) groups is 1. The summed E-state index contributed by atoms with van der Waals surface area (Å²) in [5.74, 6) is 1.76. The highest BCUT2D eigenvalue weighted by Crippen LogP contribution is 2.29. The Hall–Kier alpha value is -1.09. The number of aliphatic hydroxyl groups excluding tert-OH is 2. The molecule has 3 N–H and O–H groups in total. The Morgan fingerprint density at radius 2 is 1.67 bits per heavy atom. The monoisotopic (exact) mass is 442 g/mol. The topological polar surface area (TPSA) is 105 Å². The summed E-state index contributed by atoms with van der Waals surface area (Å²) in [5, 5.41) is 19.0. The van der Waals surface area contributed by atoms with E-state index in [4.69, 9.17) is 9.84 Å². The Kier molecular flexibility index (Phi) is 11.8. The standard InChI is InChI=1S/C22H38N2O5S/c1-17-15-24(22(28)23-21(17)27)20-14-18(26)19(29-20)16-30-13-11-9-7-5-3-2-4-6-8-10-12-25/h15,18-20,25-26H,2-14,16H2,1H3,(H,23,27,28)/t18-,19+,20+/m0/s1. The average molecular weight is 443 g/mol. The van der Waals surface area contributed by atoms with Crippen molar-refractivity contribution in [1.82, 2.24) is 9.55 Å². The van der Waals surface area contributed by atoms with E-state index in [-0.39, 0.29) is 11.7 Å². The molecular weight excluding hydrogens is 404 g/mol. The number of H-pyrrole nitrogens is 1. The van der Waals surface area contributed by atoms with E-state index in [2.05, 4.69) is 4.98 Å². The molecule has 2 rings (SSSR count). The van der Waals surface area contributed by atoms with Crippen LogP contribution < -0.4 is 11.2 Å². The van der Waals surface area contributed by atoms with E-state index in [9.17, 15) is 14.7 Å².